The van der Waals surface area contributed by atoms with E-state index in [0.29, 0.717) is 0 Å². The van der Waals surface area contributed by atoms with E-state index in [4.69, 9.17) is 4.74 Å². The normalized spacial score (nSPS) is 18.8. The Morgan fingerprint density at radius 1 is 1.33 bits per heavy atom. The zero-order valence-corrected chi connectivity index (χ0v) is 12.2. The van der Waals surface area contributed by atoms with E-state index in [2.05, 4.69) is 21.2 Å². The van der Waals surface area contributed by atoms with Gasteiger partial charge in [-0.25, -0.2) is 4.39 Å². The summed E-state index contributed by atoms with van der Waals surface area (Å²) in [6.45, 7) is 2.56. The third kappa shape index (κ3) is 3.53. The first-order chi connectivity index (χ1) is 8.63. The highest BCUT2D eigenvalue weighted by Crippen LogP contribution is 2.34. The van der Waals surface area contributed by atoms with Crippen molar-refractivity contribution in [3.63, 3.8) is 0 Å². The molecule has 0 unspecified atom stereocenters. The van der Waals surface area contributed by atoms with Gasteiger partial charge < -0.3 is 10.1 Å². The summed E-state index contributed by atoms with van der Waals surface area (Å²) in [6.07, 6.45) is 2.96. The molecule has 0 bridgehead atoms. The lowest BCUT2D eigenvalue weighted by Crippen LogP contribution is -2.39. The summed E-state index contributed by atoms with van der Waals surface area (Å²) in [5.74, 6) is -0.175. The molecule has 1 fully saturated rings. The highest BCUT2D eigenvalue weighted by molar-refractivity contribution is 9.10. The molecule has 4 heteroatoms. The van der Waals surface area contributed by atoms with Crippen molar-refractivity contribution in [2.24, 2.45) is 5.41 Å². The predicted molar refractivity (Wildman–Crippen MR) is 74.2 cm³/mol. The summed E-state index contributed by atoms with van der Waals surface area (Å²) in [4.78, 5) is 0. The minimum absolute atomic E-state index is 0.175. The largest absolute Gasteiger partial charge is 0.381 e. The maximum atomic E-state index is 13.4. The molecule has 1 aromatic carbocycles. The number of hydrogen-bond donors (Lipinski definition) is 1. The summed E-state index contributed by atoms with van der Waals surface area (Å²) in [6, 6.07) is 5.14. The smallest absolute Gasteiger partial charge is 0.124 e. The SMILES string of the molecule is CNCC1(Cc2cc(F)cc(Br)c2)CCOCC1. The van der Waals surface area contributed by atoms with Crippen molar-refractivity contribution >= 4 is 15.9 Å². The molecule has 1 N–H and O–H groups in total. The first-order valence-corrected chi connectivity index (χ1v) is 7.10. The first kappa shape index (κ1) is 14.0. The lowest BCUT2D eigenvalue weighted by atomic mass is 9.75. The van der Waals surface area contributed by atoms with Gasteiger partial charge in [0.25, 0.3) is 0 Å². The Balaban J connectivity index is 2.17. The van der Waals surface area contributed by atoms with Crippen molar-refractivity contribution in [1.82, 2.24) is 5.32 Å². The van der Waals surface area contributed by atoms with Crippen LogP contribution in [-0.4, -0.2) is 26.8 Å². The molecular weight excluding hydrogens is 297 g/mol. The monoisotopic (exact) mass is 315 g/mol. The zero-order chi connectivity index (χ0) is 13.0. The van der Waals surface area contributed by atoms with Crippen molar-refractivity contribution < 1.29 is 9.13 Å². The average Bonchev–Trinajstić information content (AvgIpc) is 2.28. The molecule has 1 saturated heterocycles. The predicted octanol–water partition coefficient (Wildman–Crippen LogP) is 3.15. The van der Waals surface area contributed by atoms with Crippen molar-refractivity contribution in [2.75, 3.05) is 26.8 Å². The van der Waals surface area contributed by atoms with Crippen LogP contribution in [0.3, 0.4) is 0 Å². The maximum Gasteiger partial charge on any atom is 0.124 e. The van der Waals surface area contributed by atoms with Gasteiger partial charge in [0.2, 0.25) is 0 Å². The number of nitrogens with one attached hydrogen (secondary N) is 1. The van der Waals surface area contributed by atoms with E-state index in [1.807, 2.05) is 13.1 Å². The van der Waals surface area contributed by atoms with Crippen LogP contribution in [0.15, 0.2) is 22.7 Å². The molecule has 0 amide bonds. The molecule has 2 rings (SSSR count). The fraction of sp³-hybridized carbons (Fsp3) is 0.571. The van der Waals surface area contributed by atoms with Gasteiger partial charge >= 0.3 is 0 Å². The Kier molecular flexibility index (Phi) is 4.76. The summed E-state index contributed by atoms with van der Waals surface area (Å²) < 4.78 is 19.7. The molecule has 0 saturated carbocycles. The van der Waals surface area contributed by atoms with Gasteiger partial charge in [0.05, 0.1) is 0 Å². The van der Waals surface area contributed by atoms with Crippen LogP contribution in [0, 0.1) is 11.2 Å². The number of rotatable bonds is 4. The van der Waals surface area contributed by atoms with Crippen LogP contribution in [-0.2, 0) is 11.2 Å². The Morgan fingerprint density at radius 3 is 2.67 bits per heavy atom. The van der Waals surface area contributed by atoms with Crippen LogP contribution in [0.2, 0.25) is 0 Å². The minimum atomic E-state index is -0.175. The Bertz CT molecular complexity index is 379. The van der Waals surface area contributed by atoms with Gasteiger partial charge in [0.1, 0.15) is 5.82 Å². The summed E-state index contributed by atoms with van der Waals surface area (Å²) >= 11 is 3.35. The molecule has 0 spiro atoms. The maximum absolute atomic E-state index is 13.4. The molecule has 0 atom stereocenters. The fourth-order valence-electron chi connectivity index (χ4n) is 2.74. The molecule has 0 radical (unpaired) electrons. The van der Waals surface area contributed by atoms with Crippen LogP contribution < -0.4 is 5.32 Å². The van der Waals surface area contributed by atoms with Crippen LogP contribution in [0.1, 0.15) is 18.4 Å². The standard InChI is InChI=1S/C14H19BrFNO/c1-17-10-14(2-4-18-5-3-14)9-11-6-12(15)8-13(16)7-11/h6-8,17H,2-5,9-10H2,1H3. The van der Waals surface area contributed by atoms with Crippen LogP contribution in [0.25, 0.3) is 0 Å². The Labute approximate surface area is 116 Å². The highest BCUT2D eigenvalue weighted by Gasteiger charge is 2.32. The fourth-order valence-corrected chi connectivity index (χ4v) is 3.25. The van der Waals surface area contributed by atoms with Gasteiger partial charge in [0, 0.05) is 24.2 Å². The minimum Gasteiger partial charge on any atom is -0.381 e. The van der Waals surface area contributed by atoms with Crippen molar-refractivity contribution in [1.29, 1.82) is 0 Å². The van der Waals surface area contributed by atoms with Crippen LogP contribution in [0.4, 0.5) is 4.39 Å². The van der Waals surface area contributed by atoms with Crippen molar-refractivity contribution in [3.05, 3.63) is 34.1 Å². The molecule has 2 nitrogen and oxygen atoms in total. The first-order valence-electron chi connectivity index (χ1n) is 6.31. The number of hydrogen-bond acceptors (Lipinski definition) is 2. The van der Waals surface area contributed by atoms with Gasteiger partial charge in [-0.1, -0.05) is 15.9 Å². The van der Waals surface area contributed by atoms with E-state index in [1.54, 1.807) is 6.07 Å². The van der Waals surface area contributed by atoms with E-state index < -0.39 is 0 Å². The lowest BCUT2D eigenvalue weighted by Gasteiger charge is -2.37. The van der Waals surface area contributed by atoms with E-state index in [0.717, 1.165) is 49.1 Å². The second kappa shape index (κ2) is 6.13. The van der Waals surface area contributed by atoms with Crippen LogP contribution in [0.5, 0.6) is 0 Å². The number of ether oxygens (including phenoxy) is 1. The third-order valence-corrected chi connectivity index (χ3v) is 4.06. The van der Waals surface area contributed by atoms with Gasteiger partial charge in [-0.15, -0.1) is 0 Å². The molecule has 1 aliphatic rings. The molecule has 18 heavy (non-hydrogen) atoms. The number of benzene rings is 1. The molecule has 1 heterocycles. The van der Waals surface area contributed by atoms with Gasteiger partial charge in [-0.2, -0.15) is 0 Å². The van der Waals surface area contributed by atoms with Gasteiger partial charge in [-0.3, -0.25) is 0 Å². The van der Waals surface area contributed by atoms with Crippen molar-refractivity contribution in [2.45, 2.75) is 19.3 Å². The van der Waals surface area contributed by atoms with Gasteiger partial charge in [-0.05, 0) is 55.5 Å². The van der Waals surface area contributed by atoms with E-state index in [1.165, 1.54) is 6.07 Å². The lowest BCUT2D eigenvalue weighted by molar-refractivity contribution is 0.0158. The van der Waals surface area contributed by atoms with Gasteiger partial charge in [0.15, 0.2) is 0 Å². The quantitative estimate of drug-likeness (QED) is 0.921. The van der Waals surface area contributed by atoms with E-state index >= 15 is 0 Å². The summed E-state index contributed by atoms with van der Waals surface area (Å²) in [5.41, 5.74) is 1.25. The Morgan fingerprint density at radius 2 is 2.06 bits per heavy atom. The molecule has 0 aliphatic carbocycles. The van der Waals surface area contributed by atoms with E-state index in [9.17, 15) is 4.39 Å². The van der Waals surface area contributed by atoms with E-state index in [-0.39, 0.29) is 11.2 Å². The molecular formula is C14H19BrFNO. The Hall–Kier alpha value is -0.450. The molecule has 0 aromatic heterocycles. The molecule has 1 aliphatic heterocycles. The third-order valence-electron chi connectivity index (χ3n) is 3.61. The number of halogens is 2. The van der Waals surface area contributed by atoms with Crippen LogP contribution >= 0.6 is 15.9 Å². The average molecular weight is 316 g/mol. The highest BCUT2D eigenvalue weighted by atomic mass is 79.9. The zero-order valence-electron chi connectivity index (χ0n) is 10.6. The molecule has 100 valence electrons. The summed E-state index contributed by atoms with van der Waals surface area (Å²) in [7, 11) is 1.97. The summed E-state index contributed by atoms with van der Waals surface area (Å²) in [5, 5.41) is 3.27. The second-order valence-electron chi connectivity index (χ2n) is 5.10. The molecule has 1 aromatic rings. The second-order valence-corrected chi connectivity index (χ2v) is 6.01. The van der Waals surface area contributed by atoms with Crippen molar-refractivity contribution in [3.8, 4) is 0 Å². The topological polar surface area (TPSA) is 21.3 Å².